The third-order valence-electron chi connectivity index (χ3n) is 13.9. The minimum absolute atomic E-state index is 0.00155. The van der Waals surface area contributed by atoms with Gasteiger partial charge in [-0.15, -0.1) is 0 Å². The van der Waals surface area contributed by atoms with Gasteiger partial charge in [-0.1, -0.05) is 53.7 Å². The molecule has 0 aromatic rings. The minimum Gasteiger partial charge on any atom is -0.454 e. The van der Waals surface area contributed by atoms with Crippen LogP contribution >= 0.6 is 22.6 Å². The van der Waals surface area contributed by atoms with Crippen LogP contribution < -0.4 is 0 Å². The third kappa shape index (κ3) is 3.46. The zero-order chi connectivity index (χ0) is 26.3. The monoisotopic (exact) mass is 608 g/mol. The fourth-order valence-corrected chi connectivity index (χ4v) is 12.2. The average molecular weight is 609 g/mol. The van der Waals surface area contributed by atoms with Crippen LogP contribution in [-0.4, -0.2) is 16.4 Å². The summed E-state index contributed by atoms with van der Waals surface area (Å²) >= 11 is 1.80. The van der Waals surface area contributed by atoms with E-state index in [2.05, 4.69) is 48.1 Å². The molecular weight excluding hydrogens is 559 g/mol. The van der Waals surface area contributed by atoms with Crippen molar-refractivity contribution in [2.24, 2.45) is 56.7 Å². The second-order valence-electron chi connectivity index (χ2n) is 14.9. The predicted molar refractivity (Wildman–Crippen MR) is 154 cm³/mol. The normalized spacial score (nSPS) is 51.2. The van der Waals surface area contributed by atoms with Gasteiger partial charge in [0.1, 0.15) is 12.4 Å². The number of rotatable bonds is 4. The molecular formula is C32H49IO3. The van der Waals surface area contributed by atoms with Crippen LogP contribution in [0.1, 0.15) is 112 Å². The summed E-state index contributed by atoms with van der Waals surface area (Å²) in [5.74, 6) is 2.90. The smallest absolute Gasteiger partial charge is 0.367 e. The molecule has 4 heteroatoms. The first kappa shape index (κ1) is 27.2. The molecule has 0 N–H and O–H groups in total. The number of ether oxygens (including phenoxy) is 1. The molecule has 9 unspecified atom stereocenters. The molecule has 36 heavy (non-hydrogen) atoms. The first-order valence-electron chi connectivity index (χ1n) is 14.8. The van der Waals surface area contributed by atoms with Gasteiger partial charge in [-0.2, -0.15) is 0 Å². The summed E-state index contributed by atoms with van der Waals surface area (Å²) in [6, 6.07) is 0. The molecule has 3 nitrogen and oxygen atoms in total. The molecule has 0 spiro atoms. The van der Waals surface area contributed by atoms with Gasteiger partial charge in [0.25, 0.3) is 0 Å². The lowest BCUT2D eigenvalue weighted by Gasteiger charge is -2.72. The Hall–Kier alpha value is -0.390. The Bertz CT molecular complexity index is 942. The number of carbonyl (C=O) groups excluding carboxylic acids is 2. The van der Waals surface area contributed by atoms with Gasteiger partial charge in [0.2, 0.25) is 0 Å². The van der Waals surface area contributed by atoms with Crippen LogP contribution in [0.15, 0.2) is 12.2 Å². The molecule has 5 fully saturated rings. The molecule has 5 aliphatic carbocycles. The van der Waals surface area contributed by atoms with Crippen molar-refractivity contribution < 1.29 is 14.3 Å². The van der Waals surface area contributed by atoms with Crippen molar-refractivity contribution >= 4 is 32.9 Å². The second kappa shape index (κ2) is 8.81. The molecule has 0 saturated heterocycles. The van der Waals surface area contributed by atoms with Crippen LogP contribution in [0.5, 0.6) is 0 Å². The number of carbonyl (C=O) groups is 2. The molecule has 202 valence electrons. The van der Waals surface area contributed by atoms with E-state index >= 15 is 0 Å². The largest absolute Gasteiger partial charge is 0.454 e. The van der Waals surface area contributed by atoms with Crippen molar-refractivity contribution in [2.45, 2.75) is 118 Å². The van der Waals surface area contributed by atoms with Gasteiger partial charge in [0.15, 0.2) is 0 Å². The van der Waals surface area contributed by atoms with Crippen LogP contribution in [0.2, 0.25) is 0 Å². The van der Waals surface area contributed by atoms with Gasteiger partial charge in [0, 0.05) is 10.8 Å². The van der Waals surface area contributed by atoms with Crippen molar-refractivity contribution in [1.29, 1.82) is 0 Å². The summed E-state index contributed by atoms with van der Waals surface area (Å²) in [5.41, 5.74) is 2.12. The van der Waals surface area contributed by atoms with Crippen LogP contribution in [0.3, 0.4) is 0 Å². The predicted octanol–water partition coefficient (Wildman–Crippen LogP) is 9.17. The molecule has 0 aromatic carbocycles. The number of halogens is 1. The summed E-state index contributed by atoms with van der Waals surface area (Å²) < 4.78 is 5.73. The summed E-state index contributed by atoms with van der Waals surface area (Å²) in [6.07, 6.45) is 14.1. The lowest BCUT2D eigenvalue weighted by atomic mass is 9.32. The lowest BCUT2D eigenvalue weighted by molar-refractivity contribution is -0.244. The SMILES string of the molecule is C=C(CC)C1CCC2(C=O)CC[C@]3(C)C(CCC4C5(C)CCC(OC(=O)I)C(C)(C)C5CCC43C)C12. The highest BCUT2D eigenvalue weighted by Gasteiger charge is 2.71. The van der Waals surface area contributed by atoms with Crippen molar-refractivity contribution in [2.75, 3.05) is 0 Å². The maximum absolute atomic E-state index is 12.7. The van der Waals surface area contributed by atoms with Crippen molar-refractivity contribution in [3.05, 3.63) is 12.2 Å². The highest BCUT2D eigenvalue weighted by molar-refractivity contribution is 14.1. The van der Waals surface area contributed by atoms with Crippen LogP contribution in [-0.2, 0) is 9.53 Å². The number of allylic oxidation sites excluding steroid dienone is 1. The maximum atomic E-state index is 12.7. The summed E-state index contributed by atoms with van der Waals surface area (Å²) in [7, 11) is 0. The Morgan fingerprint density at radius 2 is 1.64 bits per heavy atom. The van der Waals surface area contributed by atoms with E-state index in [1.54, 1.807) is 22.6 Å². The molecule has 0 aliphatic heterocycles. The Morgan fingerprint density at radius 3 is 2.28 bits per heavy atom. The number of fused-ring (bicyclic) bond motifs is 7. The van der Waals surface area contributed by atoms with Gasteiger partial charge in [-0.25, -0.2) is 4.79 Å². The highest BCUT2D eigenvalue weighted by atomic mass is 127. The zero-order valence-corrected chi connectivity index (χ0v) is 25.8. The molecule has 0 amide bonds. The molecule has 0 heterocycles. The van der Waals surface area contributed by atoms with Gasteiger partial charge in [-0.05, 0) is 116 Å². The Labute approximate surface area is 233 Å². The standard InChI is InChI=1S/C32H49IO3/c1-8-20(2)21-11-16-32(19-34)18-17-30(6)22(26(21)32)9-10-24-29(5)14-13-25(36-27(33)35)28(3,4)23(29)12-15-31(24,30)7/h19,21-26H,2,8-18H2,1,3-7H3/t21?,22?,23?,24?,25?,26?,29?,30-,31?,32?/m1/s1. The van der Waals surface area contributed by atoms with Crippen LogP contribution in [0.4, 0.5) is 4.79 Å². The Morgan fingerprint density at radius 1 is 0.917 bits per heavy atom. The minimum atomic E-state index is -0.163. The molecule has 0 radical (unpaired) electrons. The second-order valence-corrected chi connectivity index (χ2v) is 15.8. The van der Waals surface area contributed by atoms with Crippen molar-refractivity contribution in [3.8, 4) is 0 Å². The average Bonchev–Trinajstić information content (AvgIpc) is 3.21. The highest BCUT2D eigenvalue weighted by Crippen LogP contribution is 2.77. The maximum Gasteiger partial charge on any atom is 0.367 e. The van der Waals surface area contributed by atoms with E-state index in [-0.39, 0.29) is 31.7 Å². The van der Waals surface area contributed by atoms with Gasteiger partial charge < -0.3 is 9.53 Å². The van der Waals surface area contributed by atoms with E-state index in [4.69, 9.17) is 4.74 Å². The molecule has 0 bridgehead atoms. The molecule has 0 aromatic heterocycles. The van der Waals surface area contributed by atoms with E-state index in [0.29, 0.717) is 35.0 Å². The van der Waals surface area contributed by atoms with Crippen LogP contribution in [0, 0.1) is 56.7 Å². The molecule has 5 rings (SSSR count). The van der Waals surface area contributed by atoms with Crippen molar-refractivity contribution in [1.82, 2.24) is 0 Å². The topological polar surface area (TPSA) is 43.4 Å². The summed E-state index contributed by atoms with van der Waals surface area (Å²) in [4.78, 5) is 24.6. The first-order chi connectivity index (χ1) is 16.8. The van der Waals surface area contributed by atoms with E-state index in [9.17, 15) is 9.59 Å². The van der Waals surface area contributed by atoms with Gasteiger partial charge in [0.05, 0.1) is 22.6 Å². The number of aldehydes is 1. The molecule has 5 saturated carbocycles. The number of hydrogen-bond acceptors (Lipinski definition) is 3. The fourth-order valence-electron chi connectivity index (χ4n) is 11.9. The lowest BCUT2D eigenvalue weighted by Crippen LogP contribution is -2.66. The third-order valence-corrected chi connectivity index (χ3v) is 14.1. The summed E-state index contributed by atoms with van der Waals surface area (Å²) in [6.45, 7) is 19.4. The quantitative estimate of drug-likeness (QED) is 0.138. The first-order valence-corrected chi connectivity index (χ1v) is 15.9. The Balaban J connectivity index is 1.51. The van der Waals surface area contributed by atoms with E-state index in [1.807, 2.05) is 0 Å². The zero-order valence-electron chi connectivity index (χ0n) is 23.6. The number of hydrogen-bond donors (Lipinski definition) is 0. The van der Waals surface area contributed by atoms with E-state index in [0.717, 1.165) is 38.5 Å². The fraction of sp³-hybridized carbons (Fsp3) is 0.875. The van der Waals surface area contributed by atoms with Gasteiger partial charge in [-0.3, -0.25) is 0 Å². The van der Waals surface area contributed by atoms with E-state index < -0.39 is 0 Å². The Kier molecular flexibility index (Phi) is 6.65. The van der Waals surface area contributed by atoms with E-state index in [1.165, 1.54) is 44.0 Å². The molecule has 10 atom stereocenters. The molecule has 5 aliphatic rings. The summed E-state index contributed by atoms with van der Waals surface area (Å²) in [5, 5.41) is 0. The van der Waals surface area contributed by atoms with Crippen molar-refractivity contribution in [3.63, 3.8) is 0 Å². The van der Waals surface area contributed by atoms with Gasteiger partial charge >= 0.3 is 3.98 Å². The van der Waals surface area contributed by atoms with Crippen LogP contribution in [0.25, 0.3) is 0 Å².